The molecule has 6 aromatic rings. The second-order valence-corrected chi connectivity index (χ2v) is 12.0. The predicted molar refractivity (Wildman–Crippen MR) is 171 cm³/mol. The van der Waals surface area contributed by atoms with Crippen molar-refractivity contribution in [2.75, 3.05) is 39.3 Å². The summed E-state index contributed by atoms with van der Waals surface area (Å²) in [4.78, 5) is 27.0. The van der Waals surface area contributed by atoms with Crippen molar-refractivity contribution in [3.63, 3.8) is 0 Å². The van der Waals surface area contributed by atoms with Crippen molar-refractivity contribution in [2.45, 2.75) is 32.2 Å². The molecule has 0 radical (unpaired) electrons. The highest BCUT2D eigenvalue weighted by Gasteiger charge is 2.19. The molecule has 0 spiro atoms. The number of rotatable bonds is 9. The minimum atomic E-state index is -0.370. The van der Waals surface area contributed by atoms with Crippen LogP contribution in [-0.4, -0.2) is 84.2 Å². The Labute approximate surface area is 259 Å². The lowest BCUT2D eigenvalue weighted by Gasteiger charge is -2.15. The molecule has 5 aromatic heterocycles. The molecule has 0 unspecified atom stereocenters. The van der Waals surface area contributed by atoms with E-state index < -0.39 is 0 Å². The number of nitrogens with zero attached hydrogens (tertiary/aromatic N) is 7. The van der Waals surface area contributed by atoms with Gasteiger partial charge in [-0.05, 0) is 93.3 Å². The Morgan fingerprint density at radius 1 is 0.778 bits per heavy atom. The van der Waals surface area contributed by atoms with E-state index in [1.807, 2.05) is 30.6 Å². The minimum absolute atomic E-state index is 0.370. The Kier molecular flexibility index (Phi) is 7.40. The van der Waals surface area contributed by atoms with Crippen molar-refractivity contribution < 1.29 is 9.13 Å². The van der Waals surface area contributed by atoms with Gasteiger partial charge in [0, 0.05) is 48.9 Å². The molecular formula is C34H34FN9O. The molecule has 0 amide bonds. The van der Waals surface area contributed by atoms with Crippen molar-refractivity contribution in [1.29, 1.82) is 0 Å². The van der Waals surface area contributed by atoms with Gasteiger partial charge in [0.25, 0.3) is 0 Å². The van der Waals surface area contributed by atoms with E-state index in [0.717, 1.165) is 61.6 Å². The van der Waals surface area contributed by atoms with Crippen LogP contribution in [0.2, 0.25) is 0 Å². The Morgan fingerprint density at radius 3 is 2.47 bits per heavy atom. The smallest absolute Gasteiger partial charge is 0.161 e. The lowest BCUT2D eigenvalue weighted by molar-refractivity contribution is 0.237. The van der Waals surface area contributed by atoms with E-state index in [9.17, 15) is 4.39 Å². The minimum Gasteiger partial charge on any atom is -0.492 e. The number of hydrogen-bond donors (Lipinski definition) is 2. The molecule has 10 nitrogen and oxygen atoms in total. The molecule has 228 valence electrons. The summed E-state index contributed by atoms with van der Waals surface area (Å²) < 4.78 is 20.7. The van der Waals surface area contributed by atoms with E-state index in [2.05, 4.69) is 41.0 Å². The Balaban J connectivity index is 1.09. The topological polar surface area (TPSA) is 112 Å². The van der Waals surface area contributed by atoms with E-state index in [-0.39, 0.29) is 5.82 Å². The number of imidazole rings is 1. The standard InChI is InChI=1S/C34H34FN9O/c35-25-14-23(15-26(16-25)45-12-11-43-7-1-2-8-43)27-19-37-20-30-31(27)40-34(39-30)33-32-29(41-42-33)6-5-28(38-32)24-13-22(17-36-18-24)21-44-9-3-4-10-44/h5-6,13-20H,1-4,7-12,21H2,(H,39,40)(H,41,42). The van der Waals surface area contributed by atoms with Gasteiger partial charge in [0.15, 0.2) is 11.5 Å². The summed E-state index contributed by atoms with van der Waals surface area (Å²) in [7, 11) is 0. The predicted octanol–water partition coefficient (Wildman–Crippen LogP) is 5.83. The quantitative estimate of drug-likeness (QED) is 0.212. The molecule has 0 saturated carbocycles. The molecule has 2 N–H and O–H groups in total. The van der Waals surface area contributed by atoms with Crippen LogP contribution in [0, 0.1) is 5.82 Å². The molecule has 2 saturated heterocycles. The first-order valence-corrected chi connectivity index (χ1v) is 15.7. The molecule has 2 fully saturated rings. The Morgan fingerprint density at radius 2 is 1.60 bits per heavy atom. The van der Waals surface area contributed by atoms with Crippen LogP contribution in [0.25, 0.3) is 56.0 Å². The zero-order valence-corrected chi connectivity index (χ0v) is 25.0. The number of halogens is 1. The van der Waals surface area contributed by atoms with E-state index in [1.54, 1.807) is 12.4 Å². The van der Waals surface area contributed by atoms with Crippen LogP contribution in [0.1, 0.15) is 31.2 Å². The fourth-order valence-electron chi connectivity index (χ4n) is 6.49. The lowest BCUT2D eigenvalue weighted by atomic mass is 10.1. The maximum Gasteiger partial charge on any atom is 0.161 e. The molecule has 2 aliphatic heterocycles. The molecule has 2 aliphatic rings. The molecule has 8 rings (SSSR count). The average molecular weight is 604 g/mol. The molecule has 1 aromatic carbocycles. The Hall–Kier alpha value is -4.74. The summed E-state index contributed by atoms with van der Waals surface area (Å²) in [5.41, 5.74) is 7.79. The van der Waals surface area contributed by atoms with E-state index in [1.165, 1.54) is 43.4 Å². The third-order valence-electron chi connectivity index (χ3n) is 8.78. The third kappa shape index (κ3) is 5.76. The van der Waals surface area contributed by atoms with Crippen LogP contribution in [0.3, 0.4) is 0 Å². The summed E-state index contributed by atoms with van der Waals surface area (Å²) in [6.45, 7) is 6.70. The zero-order chi connectivity index (χ0) is 30.2. The summed E-state index contributed by atoms with van der Waals surface area (Å²) >= 11 is 0. The summed E-state index contributed by atoms with van der Waals surface area (Å²) in [6, 6.07) is 10.9. The molecular weight excluding hydrogens is 569 g/mol. The number of aromatic amines is 2. The fraction of sp³-hybridized carbons (Fsp3) is 0.324. The largest absolute Gasteiger partial charge is 0.492 e. The summed E-state index contributed by atoms with van der Waals surface area (Å²) in [5, 5.41) is 7.66. The lowest BCUT2D eigenvalue weighted by Crippen LogP contribution is -2.25. The second kappa shape index (κ2) is 12.0. The normalized spacial score (nSPS) is 15.9. The van der Waals surface area contributed by atoms with Gasteiger partial charge in [-0.25, -0.2) is 14.4 Å². The third-order valence-corrected chi connectivity index (χ3v) is 8.78. The van der Waals surface area contributed by atoms with Crippen molar-refractivity contribution >= 4 is 22.1 Å². The average Bonchev–Trinajstić information content (AvgIpc) is 3.88. The van der Waals surface area contributed by atoms with Gasteiger partial charge in [-0.2, -0.15) is 5.10 Å². The van der Waals surface area contributed by atoms with Crippen LogP contribution in [0.5, 0.6) is 5.75 Å². The molecule has 0 aliphatic carbocycles. The van der Waals surface area contributed by atoms with Crippen molar-refractivity contribution in [3.8, 4) is 39.7 Å². The Bertz CT molecular complexity index is 1970. The number of nitrogens with one attached hydrogen (secondary N) is 2. The number of hydrogen-bond acceptors (Lipinski definition) is 8. The van der Waals surface area contributed by atoms with Crippen molar-refractivity contribution in [3.05, 3.63) is 72.6 Å². The molecule has 11 heteroatoms. The maximum atomic E-state index is 14.8. The van der Waals surface area contributed by atoms with Gasteiger partial charge >= 0.3 is 0 Å². The van der Waals surface area contributed by atoms with Crippen LogP contribution in [-0.2, 0) is 6.54 Å². The summed E-state index contributed by atoms with van der Waals surface area (Å²) in [5.74, 6) is 0.672. The number of H-pyrrole nitrogens is 2. The van der Waals surface area contributed by atoms with Gasteiger partial charge in [0.1, 0.15) is 23.7 Å². The highest BCUT2D eigenvalue weighted by atomic mass is 19.1. The molecule has 45 heavy (non-hydrogen) atoms. The fourth-order valence-corrected chi connectivity index (χ4v) is 6.49. The highest BCUT2D eigenvalue weighted by Crippen LogP contribution is 2.33. The summed E-state index contributed by atoms with van der Waals surface area (Å²) in [6.07, 6.45) is 12.2. The second-order valence-electron chi connectivity index (χ2n) is 12.0. The number of benzene rings is 1. The van der Waals surface area contributed by atoms with E-state index >= 15 is 0 Å². The first-order valence-electron chi connectivity index (χ1n) is 15.7. The maximum absolute atomic E-state index is 14.8. The highest BCUT2D eigenvalue weighted by molar-refractivity contribution is 5.96. The van der Waals surface area contributed by atoms with Gasteiger partial charge in [0.05, 0.1) is 28.4 Å². The van der Waals surface area contributed by atoms with Gasteiger partial charge in [-0.1, -0.05) is 0 Å². The van der Waals surface area contributed by atoms with E-state index in [4.69, 9.17) is 14.7 Å². The van der Waals surface area contributed by atoms with E-state index in [0.29, 0.717) is 46.0 Å². The first kappa shape index (κ1) is 27.8. The van der Waals surface area contributed by atoms with Crippen LogP contribution >= 0.6 is 0 Å². The number of likely N-dealkylation sites (tertiary alicyclic amines) is 2. The number of ether oxygens (including phenoxy) is 1. The molecule has 0 bridgehead atoms. The van der Waals surface area contributed by atoms with Crippen LogP contribution in [0.4, 0.5) is 4.39 Å². The van der Waals surface area contributed by atoms with Gasteiger partial charge < -0.3 is 9.72 Å². The van der Waals surface area contributed by atoms with Crippen molar-refractivity contribution in [1.82, 2.24) is 44.9 Å². The van der Waals surface area contributed by atoms with Crippen molar-refractivity contribution in [2.24, 2.45) is 0 Å². The number of aromatic nitrogens is 7. The zero-order valence-electron chi connectivity index (χ0n) is 25.0. The SMILES string of the molecule is Fc1cc(OCCN2CCCC2)cc(-c2cncc3[nH]c(-c4n[nH]c5ccc(-c6cncc(CN7CCCC7)c6)nc45)nc23)c1. The van der Waals surface area contributed by atoms with Crippen LogP contribution < -0.4 is 4.74 Å². The molecule has 7 heterocycles. The van der Waals surface area contributed by atoms with Gasteiger partial charge in [-0.3, -0.25) is 24.9 Å². The first-order chi connectivity index (χ1) is 22.2. The number of pyridine rings is 3. The van der Waals surface area contributed by atoms with Crippen LogP contribution in [0.15, 0.2) is 61.2 Å². The van der Waals surface area contributed by atoms with Gasteiger partial charge in [0.2, 0.25) is 0 Å². The monoisotopic (exact) mass is 603 g/mol. The van der Waals surface area contributed by atoms with Gasteiger partial charge in [-0.15, -0.1) is 0 Å². The molecule has 0 atom stereocenters. The number of fused-ring (bicyclic) bond motifs is 2.